The van der Waals surface area contributed by atoms with Crippen LogP contribution in [0, 0.1) is 0 Å². The van der Waals surface area contributed by atoms with E-state index in [1.165, 1.54) is 11.3 Å². The Morgan fingerprint density at radius 1 is 1.41 bits per heavy atom. The van der Waals surface area contributed by atoms with E-state index in [2.05, 4.69) is 17.2 Å². The van der Waals surface area contributed by atoms with E-state index >= 15 is 0 Å². The Morgan fingerprint density at radius 3 is 2.94 bits per heavy atom. The summed E-state index contributed by atoms with van der Waals surface area (Å²) in [5, 5.41) is 4.82. The monoisotopic (exact) mass is 246 g/mol. The second kappa shape index (κ2) is 5.59. The Labute approximate surface area is 105 Å². The highest BCUT2D eigenvalue weighted by atomic mass is 32.1. The molecule has 4 heteroatoms. The Kier molecular flexibility index (Phi) is 3.88. The molecule has 1 N–H and O–H groups in total. The number of hydrogen-bond acceptors (Lipinski definition) is 3. The molecule has 0 bridgehead atoms. The van der Waals surface area contributed by atoms with Crippen LogP contribution in [0.3, 0.4) is 0 Å². The standard InChI is InChI=1S/C13H14N2OS/c1-2-10-5-3-4-6-12(10)15-13(16)7-11-8-17-9-14-11/h3-6,8-9H,2,7H2,1H3,(H,15,16). The van der Waals surface area contributed by atoms with Crippen LogP contribution in [0.2, 0.25) is 0 Å². The highest BCUT2D eigenvalue weighted by molar-refractivity contribution is 7.07. The van der Waals surface area contributed by atoms with E-state index < -0.39 is 0 Å². The lowest BCUT2D eigenvalue weighted by Gasteiger charge is -2.08. The third-order valence-electron chi connectivity index (χ3n) is 2.50. The Bertz CT molecular complexity index is 494. The first-order valence-electron chi connectivity index (χ1n) is 5.54. The van der Waals surface area contributed by atoms with Crippen molar-refractivity contribution in [2.45, 2.75) is 19.8 Å². The zero-order chi connectivity index (χ0) is 12.1. The fourth-order valence-electron chi connectivity index (χ4n) is 1.63. The van der Waals surface area contributed by atoms with Crippen LogP contribution in [-0.2, 0) is 17.6 Å². The van der Waals surface area contributed by atoms with Crippen LogP contribution in [0.1, 0.15) is 18.2 Å². The van der Waals surface area contributed by atoms with Gasteiger partial charge in [-0.3, -0.25) is 4.79 Å². The summed E-state index contributed by atoms with van der Waals surface area (Å²) in [5.41, 5.74) is 4.61. The molecule has 17 heavy (non-hydrogen) atoms. The number of aryl methyl sites for hydroxylation is 1. The molecule has 0 aliphatic carbocycles. The summed E-state index contributed by atoms with van der Waals surface area (Å²) in [6.07, 6.45) is 1.24. The first-order chi connectivity index (χ1) is 8.29. The van der Waals surface area contributed by atoms with Gasteiger partial charge in [0, 0.05) is 11.1 Å². The third kappa shape index (κ3) is 3.14. The summed E-state index contributed by atoms with van der Waals surface area (Å²) in [5.74, 6) is -0.0169. The predicted molar refractivity (Wildman–Crippen MR) is 70.3 cm³/mol. The molecule has 3 nitrogen and oxygen atoms in total. The lowest BCUT2D eigenvalue weighted by atomic mass is 10.1. The van der Waals surface area contributed by atoms with Crippen LogP contribution in [0.4, 0.5) is 5.69 Å². The van der Waals surface area contributed by atoms with Gasteiger partial charge in [-0.15, -0.1) is 11.3 Å². The molecule has 0 saturated carbocycles. The quantitative estimate of drug-likeness (QED) is 0.901. The molecule has 1 aromatic heterocycles. The van der Waals surface area contributed by atoms with E-state index in [4.69, 9.17) is 0 Å². The molecule has 0 spiro atoms. The number of anilines is 1. The van der Waals surface area contributed by atoms with Crippen molar-refractivity contribution in [3.8, 4) is 0 Å². The Balaban J connectivity index is 2.03. The Hall–Kier alpha value is -1.68. The van der Waals surface area contributed by atoms with Gasteiger partial charge in [0.25, 0.3) is 0 Å². The number of carbonyl (C=O) groups is 1. The van der Waals surface area contributed by atoms with E-state index in [-0.39, 0.29) is 5.91 Å². The molecule has 0 saturated heterocycles. The molecular formula is C13H14N2OS. The topological polar surface area (TPSA) is 42.0 Å². The van der Waals surface area contributed by atoms with Crippen molar-refractivity contribution < 1.29 is 4.79 Å². The summed E-state index contributed by atoms with van der Waals surface area (Å²) in [6, 6.07) is 7.86. The van der Waals surface area contributed by atoms with Gasteiger partial charge in [-0.2, -0.15) is 0 Å². The van der Waals surface area contributed by atoms with Crippen molar-refractivity contribution in [1.29, 1.82) is 0 Å². The molecule has 0 radical (unpaired) electrons. The van der Waals surface area contributed by atoms with Gasteiger partial charge in [-0.1, -0.05) is 25.1 Å². The van der Waals surface area contributed by atoms with Gasteiger partial charge < -0.3 is 5.32 Å². The third-order valence-corrected chi connectivity index (χ3v) is 3.13. The number of thiazole rings is 1. The smallest absolute Gasteiger partial charge is 0.230 e. The highest BCUT2D eigenvalue weighted by Crippen LogP contribution is 2.15. The second-order valence-corrected chi connectivity index (χ2v) is 4.43. The van der Waals surface area contributed by atoms with Crippen LogP contribution in [-0.4, -0.2) is 10.9 Å². The van der Waals surface area contributed by atoms with Gasteiger partial charge >= 0.3 is 0 Å². The summed E-state index contributed by atoms with van der Waals surface area (Å²) in [7, 11) is 0. The first-order valence-corrected chi connectivity index (χ1v) is 6.48. The van der Waals surface area contributed by atoms with Crippen molar-refractivity contribution in [2.24, 2.45) is 0 Å². The zero-order valence-corrected chi connectivity index (χ0v) is 10.5. The summed E-state index contributed by atoms with van der Waals surface area (Å²) in [4.78, 5) is 15.9. The normalized spacial score (nSPS) is 10.2. The maximum atomic E-state index is 11.8. The number of rotatable bonds is 4. The first kappa shape index (κ1) is 11.8. The largest absolute Gasteiger partial charge is 0.325 e. The lowest BCUT2D eigenvalue weighted by Crippen LogP contribution is -2.15. The summed E-state index contributed by atoms with van der Waals surface area (Å²) >= 11 is 1.50. The number of nitrogens with one attached hydrogen (secondary N) is 1. The van der Waals surface area contributed by atoms with Crippen molar-refractivity contribution >= 4 is 22.9 Å². The molecule has 0 fully saturated rings. The van der Waals surface area contributed by atoms with E-state index in [0.717, 1.165) is 23.4 Å². The maximum absolute atomic E-state index is 11.8. The van der Waals surface area contributed by atoms with E-state index in [1.54, 1.807) is 5.51 Å². The fourth-order valence-corrected chi connectivity index (χ4v) is 2.19. The van der Waals surface area contributed by atoms with Gasteiger partial charge in [0.1, 0.15) is 0 Å². The summed E-state index contributed by atoms with van der Waals surface area (Å²) < 4.78 is 0. The molecule has 1 aromatic carbocycles. The van der Waals surface area contributed by atoms with Crippen molar-refractivity contribution in [3.63, 3.8) is 0 Å². The van der Waals surface area contributed by atoms with Crippen LogP contribution < -0.4 is 5.32 Å². The van der Waals surface area contributed by atoms with Crippen LogP contribution in [0.25, 0.3) is 0 Å². The molecular weight excluding hydrogens is 232 g/mol. The predicted octanol–water partition coefficient (Wildman–Crippen LogP) is 2.89. The number of nitrogens with zero attached hydrogens (tertiary/aromatic N) is 1. The molecule has 0 unspecified atom stereocenters. The van der Waals surface area contributed by atoms with E-state index in [9.17, 15) is 4.79 Å². The second-order valence-electron chi connectivity index (χ2n) is 3.72. The minimum atomic E-state index is -0.0169. The SMILES string of the molecule is CCc1ccccc1NC(=O)Cc1cscn1. The number of hydrogen-bond donors (Lipinski definition) is 1. The molecule has 1 heterocycles. The molecule has 0 aliphatic heterocycles. The average Bonchev–Trinajstić information content (AvgIpc) is 2.82. The number of benzene rings is 1. The number of carbonyl (C=O) groups excluding carboxylic acids is 1. The minimum Gasteiger partial charge on any atom is -0.325 e. The van der Waals surface area contributed by atoms with E-state index in [0.29, 0.717) is 6.42 Å². The van der Waals surface area contributed by atoms with Crippen molar-refractivity contribution in [3.05, 3.63) is 46.4 Å². The van der Waals surface area contributed by atoms with Gasteiger partial charge in [0.2, 0.25) is 5.91 Å². The van der Waals surface area contributed by atoms with Gasteiger partial charge in [0.15, 0.2) is 0 Å². The molecule has 0 atom stereocenters. The minimum absolute atomic E-state index is 0.0169. The molecule has 2 aromatic rings. The molecule has 1 amide bonds. The van der Waals surface area contributed by atoms with Gasteiger partial charge in [0.05, 0.1) is 17.6 Å². The fraction of sp³-hybridized carbons (Fsp3) is 0.231. The van der Waals surface area contributed by atoms with Crippen molar-refractivity contribution in [1.82, 2.24) is 4.98 Å². The Morgan fingerprint density at radius 2 is 2.24 bits per heavy atom. The molecule has 0 aliphatic rings. The molecule has 88 valence electrons. The molecule has 2 rings (SSSR count). The van der Waals surface area contributed by atoms with Crippen LogP contribution >= 0.6 is 11.3 Å². The van der Waals surface area contributed by atoms with Crippen LogP contribution in [0.15, 0.2) is 35.2 Å². The van der Waals surface area contributed by atoms with Crippen molar-refractivity contribution in [2.75, 3.05) is 5.32 Å². The van der Waals surface area contributed by atoms with E-state index in [1.807, 2.05) is 29.6 Å². The van der Waals surface area contributed by atoms with Crippen LogP contribution in [0.5, 0.6) is 0 Å². The zero-order valence-electron chi connectivity index (χ0n) is 9.64. The maximum Gasteiger partial charge on any atom is 0.230 e. The highest BCUT2D eigenvalue weighted by Gasteiger charge is 2.07. The van der Waals surface area contributed by atoms with Gasteiger partial charge in [-0.05, 0) is 18.1 Å². The summed E-state index contributed by atoms with van der Waals surface area (Å²) in [6.45, 7) is 2.07. The lowest BCUT2D eigenvalue weighted by molar-refractivity contribution is -0.115. The average molecular weight is 246 g/mol. The number of amides is 1. The van der Waals surface area contributed by atoms with Gasteiger partial charge in [-0.25, -0.2) is 4.98 Å². The number of aromatic nitrogens is 1. The number of para-hydroxylation sites is 1.